The van der Waals surface area contributed by atoms with E-state index >= 15 is 0 Å². The average molecular weight is 608 g/mol. The molecule has 0 aliphatic carbocycles. The second-order valence-electron chi connectivity index (χ2n) is 10.2. The van der Waals surface area contributed by atoms with Crippen molar-refractivity contribution in [2.45, 2.75) is 44.4 Å². The van der Waals surface area contributed by atoms with E-state index in [-0.39, 0.29) is 24.4 Å². The molecule has 14 heteroatoms. The number of hydrogen-bond donors (Lipinski definition) is 5. The number of carboxylic acids is 1. The molecule has 0 spiro atoms. The van der Waals surface area contributed by atoms with Crippen LogP contribution >= 0.6 is 0 Å². The van der Waals surface area contributed by atoms with Crippen molar-refractivity contribution in [3.05, 3.63) is 95.1 Å². The Bertz CT molecular complexity index is 1560. The first-order valence-electron chi connectivity index (χ1n) is 13.6. The molecule has 4 rings (SSSR count). The van der Waals surface area contributed by atoms with Gasteiger partial charge in [0.15, 0.2) is 12.5 Å². The molecule has 4 atom stereocenters. The lowest BCUT2D eigenvalue weighted by Gasteiger charge is -2.28. The topological polar surface area (TPSA) is 207 Å². The number of anilines is 1. The van der Waals surface area contributed by atoms with Crippen LogP contribution in [0.3, 0.4) is 0 Å². The zero-order chi connectivity index (χ0) is 32.0. The number of aryl methyl sites for hydroxylation is 1. The van der Waals surface area contributed by atoms with Crippen LogP contribution in [0, 0.1) is 5.92 Å². The quantitative estimate of drug-likeness (QED) is 0.0696. The van der Waals surface area contributed by atoms with E-state index in [1.165, 1.54) is 19.2 Å². The highest BCUT2D eigenvalue weighted by Crippen LogP contribution is 2.33. The van der Waals surface area contributed by atoms with E-state index in [1.54, 1.807) is 0 Å². The van der Waals surface area contributed by atoms with Gasteiger partial charge in [-0.25, -0.2) is 20.2 Å². The van der Waals surface area contributed by atoms with E-state index in [9.17, 15) is 34.5 Å². The number of carboxylic acid groups (broad SMARTS) is 1. The van der Waals surface area contributed by atoms with Gasteiger partial charge in [-0.1, -0.05) is 61.2 Å². The molecule has 2 amide bonds. The highest BCUT2D eigenvalue weighted by Gasteiger charge is 2.36. The summed E-state index contributed by atoms with van der Waals surface area (Å²) in [6, 6.07) is 17.5. The molecule has 0 unspecified atom stereocenters. The SMILES string of the molecule is C=C1[C@H](C(O)O)CO[C@H]1n1ccc(NC(=O)O[C@H](C(=O)O)[C@H](C)N(N)C(=O)CCc2ccc(-c3ccccc3)cc2)nc1=O. The summed E-state index contributed by atoms with van der Waals surface area (Å²) in [6.07, 6.45) is -4.23. The molecule has 14 nitrogen and oxygen atoms in total. The molecule has 2 heterocycles. The van der Waals surface area contributed by atoms with Crippen molar-refractivity contribution >= 4 is 23.8 Å². The molecule has 0 saturated carbocycles. The molecule has 1 aliphatic rings. The van der Waals surface area contributed by atoms with Gasteiger partial charge in [-0.2, -0.15) is 4.98 Å². The lowest BCUT2D eigenvalue weighted by molar-refractivity contribution is -0.152. The first-order valence-corrected chi connectivity index (χ1v) is 13.6. The van der Waals surface area contributed by atoms with E-state index < -0.39 is 54.2 Å². The standard InChI is InChI=1S/C30H33N5O9/c1-17-22(27(37)38)16-43-26(17)34-15-14-23(32-29(34)41)33-30(42)44-25(28(39)40)18(2)35(31)24(36)13-10-19-8-11-21(12-9-19)20-6-4-3-5-7-20/h3-9,11-12,14-15,18,22,25-27,37-38H,1,10,13,16,31H2,2H3,(H,39,40)(H,32,33,41,42)/t18-,22+,25-,26+/m0/s1. The van der Waals surface area contributed by atoms with Crippen LogP contribution < -0.4 is 16.8 Å². The molecule has 0 bridgehead atoms. The molecule has 1 aromatic heterocycles. The number of aliphatic hydroxyl groups is 2. The number of nitrogens with one attached hydrogen (secondary N) is 1. The minimum atomic E-state index is -1.84. The van der Waals surface area contributed by atoms with Crippen molar-refractivity contribution in [3.8, 4) is 11.1 Å². The summed E-state index contributed by atoms with van der Waals surface area (Å²) in [6.45, 7) is 4.99. The number of amides is 2. The maximum absolute atomic E-state index is 12.8. The number of nitrogens with two attached hydrogens (primary N) is 1. The number of nitrogens with zero attached hydrogens (tertiary/aromatic N) is 3. The Morgan fingerprint density at radius 3 is 2.39 bits per heavy atom. The van der Waals surface area contributed by atoms with E-state index in [0.29, 0.717) is 6.42 Å². The summed E-state index contributed by atoms with van der Waals surface area (Å²) in [5.41, 5.74) is 2.36. The largest absolute Gasteiger partial charge is 0.478 e. The number of carbonyl (C=O) groups is 3. The summed E-state index contributed by atoms with van der Waals surface area (Å²) in [7, 11) is 0. The maximum atomic E-state index is 12.8. The van der Waals surface area contributed by atoms with Gasteiger partial charge in [-0.3, -0.25) is 19.7 Å². The third-order valence-electron chi connectivity index (χ3n) is 7.23. The minimum absolute atomic E-state index is 0.0145. The lowest BCUT2D eigenvalue weighted by Crippen LogP contribution is -2.53. The van der Waals surface area contributed by atoms with Crippen molar-refractivity contribution in [2.24, 2.45) is 11.8 Å². The van der Waals surface area contributed by atoms with Crippen molar-refractivity contribution < 1.29 is 39.2 Å². The van der Waals surface area contributed by atoms with Gasteiger partial charge in [0.1, 0.15) is 5.82 Å². The molecule has 44 heavy (non-hydrogen) atoms. The Balaban J connectivity index is 1.32. The van der Waals surface area contributed by atoms with Crippen LogP contribution in [-0.2, 0) is 25.5 Å². The molecule has 6 N–H and O–H groups in total. The number of ether oxygens (including phenoxy) is 2. The van der Waals surface area contributed by atoms with Crippen LogP contribution in [-0.4, -0.2) is 72.9 Å². The molecule has 1 aliphatic heterocycles. The van der Waals surface area contributed by atoms with Gasteiger partial charge in [-0.05, 0) is 41.7 Å². The average Bonchev–Trinajstić information content (AvgIpc) is 3.39. The van der Waals surface area contributed by atoms with Crippen LogP contribution in [0.2, 0.25) is 0 Å². The van der Waals surface area contributed by atoms with E-state index in [0.717, 1.165) is 26.3 Å². The number of hydrogen-bond acceptors (Lipinski definition) is 10. The number of carbonyl (C=O) groups excluding carboxylic acids is 2. The first kappa shape index (κ1) is 32.0. The van der Waals surface area contributed by atoms with Gasteiger partial charge in [0, 0.05) is 12.6 Å². The van der Waals surface area contributed by atoms with Crippen molar-refractivity contribution in [1.29, 1.82) is 0 Å². The Labute approximate surface area is 251 Å². The number of benzene rings is 2. The van der Waals surface area contributed by atoms with Crippen LogP contribution in [0.15, 0.2) is 83.8 Å². The van der Waals surface area contributed by atoms with Gasteiger partial charge in [-0.15, -0.1) is 0 Å². The fourth-order valence-corrected chi connectivity index (χ4v) is 4.64. The highest BCUT2D eigenvalue weighted by atomic mass is 16.6. The second kappa shape index (κ2) is 14.1. The maximum Gasteiger partial charge on any atom is 0.413 e. The molecule has 1 saturated heterocycles. The Kier molecular flexibility index (Phi) is 10.2. The van der Waals surface area contributed by atoms with Gasteiger partial charge in [0.2, 0.25) is 12.0 Å². The van der Waals surface area contributed by atoms with Crippen molar-refractivity contribution in [3.63, 3.8) is 0 Å². The monoisotopic (exact) mass is 607 g/mol. The van der Waals surface area contributed by atoms with E-state index in [4.69, 9.17) is 15.3 Å². The Morgan fingerprint density at radius 1 is 1.14 bits per heavy atom. The smallest absolute Gasteiger partial charge is 0.413 e. The zero-order valence-electron chi connectivity index (χ0n) is 23.8. The third kappa shape index (κ3) is 7.54. The normalized spacial score (nSPS) is 17.6. The van der Waals surface area contributed by atoms with Crippen molar-refractivity contribution in [1.82, 2.24) is 14.6 Å². The molecule has 3 aromatic rings. The van der Waals surface area contributed by atoms with Gasteiger partial charge in [0.05, 0.1) is 18.6 Å². The third-order valence-corrected chi connectivity index (χ3v) is 7.23. The molecular weight excluding hydrogens is 574 g/mol. The fraction of sp³-hybridized carbons (Fsp3) is 0.300. The van der Waals surface area contributed by atoms with Crippen LogP contribution in [0.1, 0.15) is 25.1 Å². The first-order chi connectivity index (χ1) is 21.0. The second-order valence-corrected chi connectivity index (χ2v) is 10.2. The molecule has 232 valence electrons. The summed E-state index contributed by atoms with van der Waals surface area (Å²) in [4.78, 5) is 53.4. The fourth-order valence-electron chi connectivity index (χ4n) is 4.64. The minimum Gasteiger partial charge on any atom is -0.478 e. The molecule has 2 aromatic carbocycles. The predicted molar refractivity (Wildman–Crippen MR) is 157 cm³/mol. The molecular formula is C30H33N5O9. The van der Waals surface area contributed by atoms with Crippen LogP contribution in [0.4, 0.5) is 10.6 Å². The van der Waals surface area contributed by atoms with Crippen molar-refractivity contribution in [2.75, 3.05) is 11.9 Å². The summed E-state index contributed by atoms with van der Waals surface area (Å²) >= 11 is 0. The van der Waals surface area contributed by atoms with Gasteiger partial charge < -0.3 is 24.8 Å². The zero-order valence-corrected chi connectivity index (χ0v) is 23.8. The molecule has 1 fully saturated rings. The Hall–Kier alpha value is -4.89. The molecule has 0 radical (unpaired) electrons. The summed E-state index contributed by atoms with van der Waals surface area (Å²) in [5.74, 6) is 2.77. The number of hydrazine groups is 1. The number of aliphatic hydroxyl groups excluding tert-OH is 1. The number of aliphatic carboxylic acids is 1. The lowest BCUT2D eigenvalue weighted by atomic mass is 10.0. The van der Waals surface area contributed by atoms with E-state index in [2.05, 4.69) is 16.9 Å². The van der Waals surface area contributed by atoms with E-state index in [1.807, 2.05) is 54.6 Å². The van der Waals surface area contributed by atoms with Crippen LogP contribution in [0.5, 0.6) is 0 Å². The summed E-state index contributed by atoms with van der Waals surface area (Å²) < 4.78 is 11.5. The van der Waals surface area contributed by atoms with Gasteiger partial charge >= 0.3 is 17.8 Å². The predicted octanol–water partition coefficient (Wildman–Crippen LogP) is 1.65. The number of rotatable bonds is 11. The Morgan fingerprint density at radius 2 is 1.80 bits per heavy atom. The van der Waals surface area contributed by atoms with Crippen LogP contribution in [0.25, 0.3) is 11.1 Å². The summed E-state index contributed by atoms with van der Waals surface area (Å²) in [5, 5.41) is 31.4. The number of aromatic nitrogens is 2. The highest BCUT2D eigenvalue weighted by molar-refractivity contribution is 5.86. The van der Waals surface area contributed by atoms with Gasteiger partial charge in [0.25, 0.3) is 0 Å².